The maximum atomic E-state index is 5.24. The summed E-state index contributed by atoms with van der Waals surface area (Å²) in [4.78, 5) is 16.5. The molecule has 0 unspecified atom stereocenters. The van der Waals surface area contributed by atoms with Crippen LogP contribution < -0.4 is 0 Å². The van der Waals surface area contributed by atoms with Crippen molar-refractivity contribution in [2.45, 2.75) is 0 Å². The van der Waals surface area contributed by atoms with Crippen molar-refractivity contribution in [1.82, 2.24) is 15.0 Å². The van der Waals surface area contributed by atoms with E-state index >= 15 is 0 Å². The first-order valence-electron chi connectivity index (χ1n) is 15.7. The Morgan fingerprint density at radius 2 is 1.04 bits per heavy atom. The van der Waals surface area contributed by atoms with E-state index in [1.54, 1.807) is 11.3 Å². The SMILES string of the molecule is c1ccc(-c2cc(-c3ccccc3)nc(-c3cc(-c4ccc5ccccc5c4)ccc3-c3cnc4sc5ccccc5c4c3)n2)cc1. The second-order valence-corrected chi connectivity index (χ2v) is 12.7. The molecule has 47 heavy (non-hydrogen) atoms. The van der Waals surface area contributed by atoms with Gasteiger partial charge in [-0.05, 0) is 57.8 Å². The van der Waals surface area contributed by atoms with Gasteiger partial charge >= 0.3 is 0 Å². The summed E-state index contributed by atoms with van der Waals surface area (Å²) in [5.74, 6) is 0.679. The average molecular weight is 618 g/mol. The number of aromatic nitrogens is 3. The number of rotatable bonds is 5. The predicted octanol–water partition coefficient (Wildman–Crippen LogP) is 11.7. The summed E-state index contributed by atoms with van der Waals surface area (Å²) in [7, 11) is 0. The molecule has 4 heteroatoms. The van der Waals surface area contributed by atoms with Gasteiger partial charge in [-0.15, -0.1) is 11.3 Å². The lowest BCUT2D eigenvalue weighted by atomic mass is 9.93. The zero-order chi connectivity index (χ0) is 31.2. The largest absolute Gasteiger partial charge is 0.245 e. The van der Waals surface area contributed by atoms with E-state index in [4.69, 9.17) is 15.0 Å². The molecule has 3 nitrogen and oxygen atoms in total. The molecular formula is C43H27N3S. The number of nitrogens with zero attached hydrogens (tertiary/aromatic N) is 3. The number of thiophene rings is 1. The van der Waals surface area contributed by atoms with E-state index < -0.39 is 0 Å². The monoisotopic (exact) mass is 617 g/mol. The molecule has 0 spiro atoms. The molecule has 9 aromatic rings. The van der Waals surface area contributed by atoms with Crippen LogP contribution in [0.1, 0.15) is 0 Å². The van der Waals surface area contributed by atoms with Crippen molar-refractivity contribution in [2.75, 3.05) is 0 Å². The molecule has 0 amide bonds. The van der Waals surface area contributed by atoms with Crippen LogP contribution >= 0.6 is 11.3 Å². The van der Waals surface area contributed by atoms with Gasteiger partial charge in [0.1, 0.15) is 4.83 Å². The Bertz CT molecular complexity index is 2510. The Morgan fingerprint density at radius 3 is 1.81 bits per heavy atom. The zero-order valence-corrected chi connectivity index (χ0v) is 26.2. The minimum absolute atomic E-state index is 0.679. The molecular weight excluding hydrogens is 591 g/mol. The van der Waals surface area contributed by atoms with E-state index in [-0.39, 0.29) is 0 Å². The highest BCUT2D eigenvalue weighted by Crippen LogP contribution is 2.40. The van der Waals surface area contributed by atoms with Crippen LogP contribution in [-0.2, 0) is 0 Å². The Kier molecular flexibility index (Phi) is 6.65. The van der Waals surface area contributed by atoms with Gasteiger partial charge in [0.05, 0.1) is 11.4 Å². The van der Waals surface area contributed by atoms with E-state index in [0.29, 0.717) is 5.82 Å². The van der Waals surface area contributed by atoms with Crippen LogP contribution in [0, 0.1) is 0 Å². The summed E-state index contributed by atoms with van der Waals surface area (Å²) in [6.45, 7) is 0. The maximum Gasteiger partial charge on any atom is 0.161 e. The van der Waals surface area contributed by atoms with Crippen LogP contribution in [-0.4, -0.2) is 15.0 Å². The first-order valence-corrected chi connectivity index (χ1v) is 16.5. The summed E-state index contributed by atoms with van der Waals surface area (Å²) in [5, 5.41) is 4.83. The fourth-order valence-electron chi connectivity index (χ4n) is 6.37. The van der Waals surface area contributed by atoms with Crippen molar-refractivity contribution in [3.63, 3.8) is 0 Å². The van der Waals surface area contributed by atoms with Gasteiger partial charge in [-0.2, -0.15) is 0 Å². The standard InChI is InChI=1S/C43H27N3S/c1-3-12-29(13-4-1)39-26-40(30-14-5-2-6-15-30)46-42(45-39)37-24-33(32-20-19-28-11-7-8-16-31(28)23-32)21-22-35(37)34-25-38-36-17-9-10-18-41(36)47-43(38)44-27-34/h1-27H. The van der Waals surface area contributed by atoms with Crippen LogP contribution in [0.2, 0.25) is 0 Å². The molecule has 0 bridgehead atoms. The van der Waals surface area contributed by atoms with Crippen molar-refractivity contribution in [3.05, 3.63) is 164 Å². The smallest absolute Gasteiger partial charge is 0.161 e. The van der Waals surface area contributed by atoms with Crippen molar-refractivity contribution in [3.8, 4) is 56.2 Å². The minimum Gasteiger partial charge on any atom is -0.245 e. The lowest BCUT2D eigenvalue weighted by Crippen LogP contribution is -1.98. The molecule has 0 aliphatic carbocycles. The molecule has 0 aliphatic rings. The van der Waals surface area contributed by atoms with Crippen molar-refractivity contribution >= 4 is 42.4 Å². The van der Waals surface area contributed by atoms with Crippen molar-refractivity contribution < 1.29 is 0 Å². The van der Waals surface area contributed by atoms with Gasteiger partial charge in [0.2, 0.25) is 0 Å². The van der Waals surface area contributed by atoms with Gasteiger partial charge in [0.25, 0.3) is 0 Å². The second kappa shape index (κ2) is 11.4. The van der Waals surface area contributed by atoms with E-state index in [9.17, 15) is 0 Å². The number of hydrogen-bond donors (Lipinski definition) is 0. The maximum absolute atomic E-state index is 5.24. The van der Waals surface area contributed by atoms with Crippen LogP contribution in [0.3, 0.4) is 0 Å². The number of hydrogen-bond acceptors (Lipinski definition) is 4. The molecule has 220 valence electrons. The first kappa shape index (κ1) is 27.3. The molecule has 0 saturated carbocycles. The highest BCUT2D eigenvalue weighted by atomic mass is 32.1. The highest BCUT2D eigenvalue weighted by Gasteiger charge is 2.18. The Hall–Kier alpha value is -5.97. The molecule has 6 aromatic carbocycles. The summed E-state index contributed by atoms with van der Waals surface area (Å²) in [6, 6.07) is 55.4. The lowest BCUT2D eigenvalue weighted by molar-refractivity contribution is 1.18. The first-order chi connectivity index (χ1) is 23.3. The Labute approximate surface area is 276 Å². The fraction of sp³-hybridized carbons (Fsp3) is 0. The van der Waals surface area contributed by atoms with E-state index in [1.807, 2.05) is 18.3 Å². The van der Waals surface area contributed by atoms with Crippen molar-refractivity contribution in [2.24, 2.45) is 0 Å². The number of fused-ring (bicyclic) bond motifs is 4. The minimum atomic E-state index is 0.679. The van der Waals surface area contributed by atoms with E-state index in [1.165, 1.54) is 20.9 Å². The third-order valence-corrected chi connectivity index (χ3v) is 9.85. The topological polar surface area (TPSA) is 38.7 Å². The fourth-order valence-corrected chi connectivity index (χ4v) is 7.39. The zero-order valence-electron chi connectivity index (χ0n) is 25.3. The van der Waals surface area contributed by atoms with E-state index in [2.05, 4.69) is 146 Å². The van der Waals surface area contributed by atoms with Gasteiger partial charge in [-0.25, -0.2) is 15.0 Å². The summed E-state index contributed by atoms with van der Waals surface area (Å²) in [6.07, 6.45) is 1.99. The molecule has 0 aliphatic heterocycles. The second-order valence-electron chi connectivity index (χ2n) is 11.7. The molecule has 0 fully saturated rings. The number of pyridine rings is 1. The summed E-state index contributed by atoms with van der Waals surface area (Å²) >= 11 is 1.73. The highest BCUT2D eigenvalue weighted by molar-refractivity contribution is 7.25. The average Bonchev–Trinajstić information content (AvgIpc) is 3.53. The van der Waals surface area contributed by atoms with Gasteiger partial charge in [0, 0.05) is 43.9 Å². The Balaban J connectivity index is 1.30. The third-order valence-electron chi connectivity index (χ3n) is 8.75. The Morgan fingerprint density at radius 1 is 0.404 bits per heavy atom. The third kappa shape index (κ3) is 5.05. The van der Waals surface area contributed by atoms with Gasteiger partial charge in [-0.3, -0.25) is 0 Å². The summed E-state index contributed by atoms with van der Waals surface area (Å²) in [5.41, 5.74) is 9.17. The molecule has 0 saturated heterocycles. The van der Waals surface area contributed by atoms with Crippen LogP contribution in [0.5, 0.6) is 0 Å². The quantitative estimate of drug-likeness (QED) is 0.193. The summed E-state index contributed by atoms with van der Waals surface area (Å²) < 4.78 is 1.24. The van der Waals surface area contributed by atoms with Crippen LogP contribution in [0.4, 0.5) is 0 Å². The molecule has 0 atom stereocenters. The predicted molar refractivity (Wildman–Crippen MR) is 197 cm³/mol. The normalized spacial score (nSPS) is 11.4. The molecule has 9 rings (SSSR count). The van der Waals surface area contributed by atoms with Gasteiger partial charge in [-0.1, -0.05) is 127 Å². The lowest BCUT2D eigenvalue weighted by Gasteiger charge is -2.15. The molecule has 3 heterocycles. The van der Waals surface area contributed by atoms with Gasteiger partial charge < -0.3 is 0 Å². The van der Waals surface area contributed by atoms with Gasteiger partial charge in [0.15, 0.2) is 5.82 Å². The van der Waals surface area contributed by atoms with Crippen LogP contribution in [0.15, 0.2) is 164 Å². The van der Waals surface area contributed by atoms with Crippen molar-refractivity contribution in [1.29, 1.82) is 0 Å². The molecule has 0 N–H and O–H groups in total. The van der Waals surface area contributed by atoms with Crippen LogP contribution in [0.25, 0.3) is 87.2 Å². The van der Waals surface area contributed by atoms with E-state index in [0.717, 1.165) is 60.5 Å². The number of benzene rings is 6. The molecule has 3 aromatic heterocycles. The molecule has 0 radical (unpaired) electrons.